The summed E-state index contributed by atoms with van der Waals surface area (Å²) >= 11 is 0. The Kier molecular flexibility index (Phi) is 4.97. The number of hydrogen-bond acceptors (Lipinski definition) is 0. The number of fused-ring (bicyclic) bond motifs is 3. The van der Waals surface area contributed by atoms with E-state index in [4.69, 9.17) is 0 Å². The topological polar surface area (TPSA) is 15.8 Å². The van der Waals surface area contributed by atoms with Crippen molar-refractivity contribution in [2.24, 2.45) is 0 Å². The Morgan fingerprint density at radius 1 is 0.515 bits per heavy atom. The van der Waals surface area contributed by atoms with E-state index in [1.54, 1.807) is 0 Å². The molecule has 0 spiro atoms. The highest BCUT2D eigenvalue weighted by molar-refractivity contribution is 6.15. The molecule has 1 heteroatoms. The van der Waals surface area contributed by atoms with Crippen LogP contribution in [-0.4, -0.2) is 4.98 Å². The molecule has 1 nitrogen and oxygen atoms in total. The highest BCUT2D eigenvalue weighted by atomic mass is 14.7. The molecule has 0 amide bonds. The van der Waals surface area contributed by atoms with Gasteiger partial charge in [0, 0.05) is 21.8 Å². The average molecular weight is 432 g/mol. The van der Waals surface area contributed by atoms with Crippen LogP contribution in [-0.2, 0) is 10.8 Å². The van der Waals surface area contributed by atoms with Crippen molar-refractivity contribution < 1.29 is 0 Å². The largest absolute Gasteiger partial charge is 0.354 e. The summed E-state index contributed by atoms with van der Waals surface area (Å²) in [5.74, 6) is 0. The number of rotatable bonds is 2. The maximum atomic E-state index is 3.67. The zero-order valence-corrected chi connectivity index (χ0v) is 20.6. The molecule has 0 aliphatic heterocycles. The van der Waals surface area contributed by atoms with Gasteiger partial charge in [0.15, 0.2) is 0 Å². The minimum Gasteiger partial charge on any atom is -0.354 e. The number of para-hydroxylation sites is 1. The average Bonchev–Trinajstić information content (AvgIpc) is 3.16. The maximum absolute atomic E-state index is 3.67. The van der Waals surface area contributed by atoms with E-state index in [9.17, 15) is 0 Å². The van der Waals surface area contributed by atoms with Crippen molar-refractivity contribution in [3.8, 4) is 22.3 Å². The molecule has 0 unspecified atom stereocenters. The number of nitrogens with one attached hydrogen (secondary N) is 1. The first-order chi connectivity index (χ1) is 15.6. The molecule has 0 saturated heterocycles. The van der Waals surface area contributed by atoms with Gasteiger partial charge in [-0.25, -0.2) is 0 Å². The number of benzene rings is 4. The van der Waals surface area contributed by atoms with E-state index in [-0.39, 0.29) is 10.8 Å². The van der Waals surface area contributed by atoms with Gasteiger partial charge in [-0.05, 0) is 62.4 Å². The Labute approximate surface area is 197 Å². The summed E-state index contributed by atoms with van der Waals surface area (Å²) in [7, 11) is 0. The van der Waals surface area contributed by atoms with Crippen LogP contribution in [0.25, 0.3) is 44.1 Å². The molecule has 0 aliphatic carbocycles. The second-order valence-corrected chi connectivity index (χ2v) is 11.3. The molecule has 5 aromatic rings. The van der Waals surface area contributed by atoms with E-state index < -0.39 is 0 Å². The lowest BCUT2D eigenvalue weighted by Gasteiger charge is -2.20. The van der Waals surface area contributed by atoms with E-state index in [2.05, 4.69) is 131 Å². The number of H-pyrrole nitrogens is 1. The van der Waals surface area contributed by atoms with Crippen molar-refractivity contribution >= 4 is 21.8 Å². The van der Waals surface area contributed by atoms with E-state index >= 15 is 0 Å². The summed E-state index contributed by atoms with van der Waals surface area (Å²) in [5, 5.41) is 2.57. The Balaban J connectivity index is 1.73. The van der Waals surface area contributed by atoms with Gasteiger partial charge in [0.05, 0.1) is 0 Å². The number of aromatic nitrogens is 1. The van der Waals surface area contributed by atoms with Gasteiger partial charge in [-0.15, -0.1) is 0 Å². The molecule has 0 aliphatic rings. The molecule has 0 bridgehead atoms. The molecule has 0 fully saturated rings. The Hall–Kier alpha value is -3.32. The van der Waals surface area contributed by atoms with Crippen LogP contribution >= 0.6 is 0 Å². The molecule has 1 heterocycles. The summed E-state index contributed by atoms with van der Waals surface area (Å²) in [6, 6.07) is 31.4. The predicted octanol–water partition coefficient (Wildman–Crippen LogP) is 9.25. The van der Waals surface area contributed by atoms with Gasteiger partial charge >= 0.3 is 0 Å². The summed E-state index contributed by atoms with van der Waals surface area (Å²) in [6.07, 6.45) is 0. The molecule has 33 heavy (non-hydrogen) atoms. The van der Waals surface area contributed by atoms with E-state index in [1.165, 1.54) is 55.2 Å². The fourth-order valence-electron chi connectivity index (χ4n) is 4.69. The normalized spacial score (nSPS) is 12.5. The van der Waals surface area contributed by atoms with E-state index in [0.717, 1.165) is 0 Å². The molecular weight excluding hydrogens is 398 g/mol. The van der Waals surface area contributed by atoms with E-state index in [0.29, 0.717) is 0 Å². The Morgan fingerprint density at radius 3 is 1.64 bits per heavy atom. The smallest absolute Gasteiger partial charge is 0.0477 e. The number of hydrogen-bond donors (Lipinski definition) is 1. The van der Waals surface area contributed by atoms with Crippen LogP contribution in [0.15, 0.2) is 84.9 Å². The van der Waals surface area contributed by atoms with Gasteiger partial charge in [0.2, 0.25) is 0 Å². The van der Waals surface area contributed by atoms with Crippen LogP contribution in [0, 0.1) is 0 Å². The van der Waals surface area contributed by atoms with Crippen LogP contribution in [0.5, 0.6) is 0 Å². The minimum absolute atomic E-state index is 0.144. The first-order valence-electron chi connectivity index (χ1n) is 11.9. The zero-order chi connectivity index (χ0) is 23.4. The molecular formula is C32H33N. The summed E-state index contributed by atoms with van der Waals surface area (Å²) in [6.45, 7) is 13.6. The van der Waals surface area contributed by atoms with Crippen LogP contribution in [0.2, 0.25) is 0 Å². The van der Waals surface area contributed by atoms with Crippen molar-refractivity contribution in [2.75, 3.05) is 0 Å². The number of aromatic amines is 1. The van der Waals surface area contributed by atoms with Crippen LogP contribution in [0.3, 0.4) is 0 Å². The van der Waals surface area contributed by atoms with Crippen molar-refractivity contribution in [1.29, 1.82) is 0 Å². The molecule has 0 atom stereocenters. The summed E-state index contributed by atoms with van der Waals surface area (Å²) in [5.41, 5.74) is 10.4. The second kappa shape index (κ2) is 7.63. The molecule has 1 aromatic heterocycles. The molecule has 0 radical (unpaired) electrons. The third-order valence-electron chi connectivity index (χ3n) is 6.75. The Bertz CT molecular complexity index is 1430. The van der Waals surface area contributed by atoms with E-state index in [1.807, 2.05) is 0 Å². The fourth-order valence-corrected chi connectivity index (χ4v) is 4.69. The fraction of sp³-hybridized carbons (Fsp3) is 0.250. The Morgan fingerprint density at radius 2 is 1.06 bits per heavy atom. The molecule has 1 N–H and O–H groups in total. The summed E-state index contributed by atoms with van der Waals surface area (Å²) < 4.78 is 0. The third-order valence-corrected chi connectivity index (χ3v) is 6.75. The zero-order valence-electron chi connectivity index (χ0n) is 20.6. The highest BCUT2D eigenvalue weighted by Gasteiger charge is 2.17. The first kappa shape index (κ1) is 21.5. The SMILES string of the molecule is CC(C)(C)c1ccc(-c2cc(-c3ccc(C(C)(C)C)cc3)c3c(c2)[nH]c2ccccc23)cc1. The molecule has 4 aromatic carbocycles. The highest BCUT2D eigenvalue weighted by Crippen LogP contribution is 2.39. The van der Waals surface area contributed by atoms with Gasteiger partial charge in [-0.1, -0.05) is 108 Å². The molecule has 166 valence electrons. The molecule has 0 saturated carbocycles. The monoisotopic (exact) mass is 431 g/mol. The van der Waals surface area contributed by atoms with Crippen LogP contribution in [0.1, 0.15) is 52.7 Å². The third kappa shape index (κ3) is 3.97. The van der Waals surface area contributed by atoms with Crippen LogP contribution < -0.4 is 0 Å². The van der Waals surface area contributed by atoms with Crippen molar-refractivity contribution in [2.45, 2.75) is 52.4 Å². The lowest BCUT2D eigenvalue weighted by Crippen LogP contribution is -2.10. The maximum Gasteiger partial charge on any atom is 0.0477 e. The molecule has 5 rings (SSSR count). The predicted molar refractivity (Wildman–Crippen MR) is 144 cm³/mol. The minimum atomic E-state index is 0.144. The summed E-state index contributed by atoms with van der Waals surface area (Å²) in [4.78, 5) is 3.67. The van der Waals surface area contributed by atoms with Gasteiger partial charge in [0.1, 0.15) is 0 Å². The van der Waals surface area contributed by atoms with Crippen molar-refractivity contribution in [1.82, 2.24) is 4.98 Å². The van der Waals surface area contributed by atoms with Crippen molar-refractivity contribution in [3.05, 3.63) is 96.1 Å². The van der Waals surface area contributed by atoms with Gasteiger partial charge in [0.25, 0.3) is 0 Å². The van der Waals surface area contributed by atoms with Gasteiger partial charge in [-0.2, -0.15) is 0 Å². The van der Waals surface area contributed by atoms with Gasteiger partial charge < -0.3 is 4.98 Å². The lowest BCUT2D eigenvalue weighted by molar-refractivity contribution is 0.590. The quantitative estimate of drug-likeness (QED) is 0.287. The van der Waals surface area contributed by atoms with Crippen LogP contribution in [0.4, 0.5) is 0 Å². The van der Waals surface area contributed by atoms with Gasteiger partial charge in [-0.3, -0.25) is 0 Å². The first-order valence-corrected chi connectivity index (χ1v) is 11.9. The van der Waals surface area contributed by atoms with Crippen molar-refractivity contribution in [3.63, 3.8) is 0 Å². The second-order valence-electron chi connectivity index (χ2n) is 11.3. The lowest BCUT2D eigenvalue weighted by atomic mass is 9.85. The standard InChI is InChI=1S/C32H33N/c1-31(2,3)24-15-11-21(12-16-24)23-19-27(22-13-17-25(18-14-22)32(4,5)6)30-26-9-7-8-10-28(26)33-29(30)20-23/h7-20,33H,1-6H3.